The van der Waals surface area contributed by atoms with Crippen LogP contribution in [-0.2, 0) is 23.8 Å². The first-order valence-corrected chi connectivity index (χ1v) is 7.83. The van der Waals surface area contributed by atoms with Crippen LogP contribution in [0.15, 0.2) is 0 Å². The highest BCUT2D eigenvalue weighted by Gasteiger charge is 2.68. The molecule has 3 heterocycles. The van der Waals surface area contributed by atoms with Gasteiger partial charge in [0.15, 0.2) is 0 Å². The van der Waals surface area contributed by atoms with E-state index in [1.54, 1.807) is 6.92 Å². The smallest absolute Gasteiger partial charge is 0.346 e. The van der Waals surface area contributed by atoms with Gasteiger partial charge in [-0.25, -0.2) is 9.18 Å². The normalized spacial score (nSPS) is 33.5. The fraction of sp³-hybridized carbons (Fsp3) is 0.867. The zero-order chi connectivity index (χ0) is 15.8. The number of hydrogen-bond acceptors (Lipinski definition) is 5. The first-order valence-electron chi connectivity index (χ1n) is 7.83. The highest BCUT2D eigenvalue weighted by Crippen LogP contribution is 2.49. The summed E-state index contributed by atoms with van der Waals surface area (Å²) in [5.74, 6) is -1.25. The Labute approximate surface area is 128 Å². The van der Waals surface area contributed by atoms with Crippen LogP contribution >= 0.6 is 0 Å². The van der Waals surface area contributed by atoms with Crippen LogP contribution in [0.3, 0.4) is 0 Å². The molecule has 22 heavy (non-hydrogen) atoms. The summed E-state index contributed by atoms with van der Waals surface area (Å²) in [6, 6.07) is 0. The molecule has 3 aliphatic heterocycles. The summed E-state index contributed by atoms with van der Waals surface area (Å²) in [6.07, 6.45) is 1.58. The summed E-state index contributed by atoms with van der Waals surface area (Å²) < 4.78 is 30.8. The lowest BCUT2D eigenvalue weighted by molar-refractivity contribution is -0.196. The average molecular weight is 315 g/mol. The van der Waals surface area contributed by atoms with Gasteiger partial charge in [0.1, 0.15) is 0 Å². The molecule has 0 radical (unpaired) electrons. The highest BCUT2D eigenvalue weighted by atomic mass is 19.1. The van der Waals surface area contributed by atoms with Crippen molar-refractivity contribution in [1.82, 2.24) is 4.90 Å². The number of carbonyl (C=O) groups is 2. The molecule has 0 bridgehead atoms. The zero-order valence-corrected chi connectivity index (χ0v) is 12.8. The van der Waals surface area contributed by atoms with E-state index in [2.05, 4.69) is 0 Å². The lowest BCUT2D eigenvalue weighted by Crippen LogP contribution is -2.61. The van der Waals surface area contributed by atoms with E-state index >= 15 is 4.39 Å². The molecule has 0 aliphatic carbocycles. The zero-order valence-electron chi connectivity index (χ0n) is 12.8. The predicted octanol–water partition coefficient (Wildman–Crippen LogP) is 0.543. The number of rotatable bonds is 3. The Morgan fingerprint density at radius 2 is 2.09 bits per heavy atom. The van der Waals surface area contributed by atoms with Crippen LogP contribution in [0.1, 0.15) is 19.8 Å². The third-order valence-electron chi connectivity index (χ3n) is 4.92. The number of halogens is 1. The molecule has 2 atom stereocenters. The van der Waals surface area contributed by atoms with Gasteiger partial charge in [0.25, 0.3) is 0 Å². The number of hydrogen-bond donors (Lipinski definition) is 0. The molecule has 0 aromatic heterocycles. The fourth-order valence-electron chi connectivity index (χ4n) is 3.52. The molecule has 0 saturated carbocycles. The fourth-order valence-corrected chi connectivity index (χ4v) is 3.52. The summed E-state index contributed by atoms with van der Waals surface area (Å²) in [4.78, 5) is 26.1. The van der Waals surface area contributed by atoms with Crippen LogP contribution in [0.25, 0.3) is 0 Å². The Morgan fingerprint density at radius 3 is 2.64 bits per heavy atom. The molecule has 6 nitrogen and oxygen atoms in total. The Kier molecular flexibility index (Phi) is 4.11. The second kappa shape index (κ2) is 5.77. The number of alkyl halides is 1. The lowest BCUT2D eigenvalue weighted by atomic mass is 9.74. The van der Waals surface area contributed by atoms with Crippen molar-refractivity contribution in [2.24, 2.45) is 11.3 Å². The van der Waals surface area contributed by atoms with Crippen molar-refractivity contribution in [2.75, 3.05) is 46.1 Å². The first-order chi connectivity index (χ1) is 10.5. The summed E-state index contributed by atoms with van der Waals surface area (Å²) in [5, 5.41) is 0. The number of ether oxygens (including phenoxy) is 3. The summed E-state index contributed by atoms with van der Waals surface area (Å²) in [7, 11) is 0. The van der Waals surface area contributed by atoms with Gasteiger partial charge in [0.05, 0.1) is 44.3 Å². The molecule has 3 aliphatic rings. The van der Waals surface area contributed by atoms with Gasteiger partial charge in [0, 0.05) is 13.2 Å². The van der Waals surface area contributed by atoms with Crippen molar-refractivity contribution in [3.63, 3.8) is 0 Å². The lowest BCUT2D eigenvalue weighted by Gasteiger charge is -2.43. The topological polar surface area (TPSA) is 65.1 Å². The minimum absolute atomic E-state index is 0.117. The Balaban J connectivity index is 1.76. The number of carbonyl (C=O) groups excluding carboxylic acids is 2. The van der Waals surface area contributed by atoms with Gasteiger partial charge in [-0.1, -0.05) is 0 Å². The van der Waals surface area contributed by atoms with Crippen molar-refractivity contribution in [2.45, 2.75) is 25.4 Å². The molecule has 3 fully saturated rings. The Bertz CT molecular complexity index is 461. The standard InChI is InChI=1S/C15H22FNO5/c1-2-22-13(19)15(16)8-17(7-14(15)9-21-10-14)12(18)11-4-3-5-20-6-11/h11H,2-10H2,1H3/t11-,15+/m0/s1. The molecule has 1 amide bonds. The maximum absolute atomic E-state index is 15.4. The molecule has 0 aromatic rings. The minimum atomic E-state index is -2.17. The van der Waals surface area contributed by atoms with Crippen molar-refractivity contribution < 1.29 is 28.2 Å². The van der Waals surface area contributed by atoms with Crippen LogP contribution in [0.4, 0.5) is 4.39 Å². The quantitative estimate of drug-likeness (QED) is 0.711. The molecule has 7 heteroatoms. The summed E-state index contributed by atoms with van der Waals surface area (Å²) in [6.45, 7) is 3.05. The molecule has 124 valence electrons. The molecule has 3 rings (SSSR count). The van der Waals surface area contributed by atoms with Gasteiger partial charge in [-0.2, -0.15) is 0 Å². The third kappa shape index (κ3) is 2.31. The molecular formula is C15H22FNO5. The Hall–Kier alpha value is -1.21. The maximum Gasteiger partial charge on any atom is 0.346 e. The molecule has 1 spiro atoms. The van der Waals surface area contributed by atoms with Crippen LogP contribution in [0.5, 0.6) is 0 Å². The van der Waals surface area contributed by atoms with Crippen LogP contribution in [0, 0.1) is 11.3 Å². The van der Waals surface area contributed by atoms with Crippen LogP contribution in [-0.4, -0.2) is 68.6 Å². The van der Waals surface area contributed by atoms with Crippen molar-refractivity contribution in [3.8, 4) is 0 Å². The summed E-state index contributed by atoms with van der Waals surface area (Å²) in [5.41, 5.74) is -3.13. The monoisotopic (exact) mass is 315 g/mol. The molecular weight excluding hydrogens is 293 g/mol. The van der Waals surface area contributed by atoms with Crippen LogP contribution in [0.2, 0.25) is 0 Å². The van der Waals surface area contributed by atoms with E-state index in [0.717, 1.165) is 12.8 Å². The van der Waals surface area contributed by atoms with E-state index < -0.39 is 17.1 Å². The Morgan fingerprint density at radius 1 is 1.32 bits per heavy atom. The SMILES string of the molecule is CCOC(=O)[C@]1(F)CN(C(=O)[C@H]2CCCOC2)CC12COC2. The van der Waals surface area contributed by atoms with E-state index in [-0.39, 0.29) is 44.7 Å². The van der Waals surface area contributed by atoms with Crippen molar-refractivity contribution in [1.29, 1.82) is 0 Å². The number of likely N-dealkylation sites (tertiary alicyclic amines) is 1. The maximum atomic E-state index is 15.4. The van der Waals surface area contributed by atoms with Crippen molar-refractivity contribution in [3.05, 3.63) is 0 Å². The predicted molar refractivity (Wildman–Crippen MR) is 73.8 cm³/mol. The summed E-state index contributed by atoms with van der Waals surface area (Å²) >= 11 is 0. The van der Waals surface area contributed by atoms with E-state index in [1.807, 2.05) is 0 Å². The van der Waals surface area contributed by atoms with Crippen LogP contribution < -0.4 is 0 Å². The molecule has 3 saturated heterocycles. The van der Waals surface area contributed by atoms with Gasteiger partial charge < -0.3 is 19.1 Å². The molecule has 0 N–H and O–H groups in total. The number of nitrogens with zero attached hydrogens (tertiary/aromatic N) is 1. The largest absolute Gasteiger partial charge is 0.464 e. The van der Waals surface area contributed by atoms with Gasteiger partial charge in [0.2, 0.25) is 11.6 Å². The van der Waals surface area contributed by atoms with E-state index in [4.69, 9.17) is 14.2 Å². The second-order valence-corrected chi connectivity index (χ2v) is 6.40. The highest BCUT2D eigenvalue weighted by molar-refractivity contribution is 5.86. The minimum Gasteiger partial charge on any atom is -0.464 e. The van der Waals surface area contributed by atoms with Gasteiger partial charge in [-0.3, -0.25) is 4.79 Å². The van der Waals surface area contributed by atoms with E-state index in [0.29, 0.717) is 13.2 Å². The molecule has 0 aromatic carbocycles. The third-order valence-corrected chi connectivity index (χ3v) is 4.92. The average Bonchev–Trinajstić information content (AvgIpc) is 2.83. The number of esters is 1. The van der Waals surface area contributed by atoms with Crippen molar-refractivity contribution >= 4 is 11.9 Å². The first kappa shape index (κ1) is 15.7. The van der Waals surface area contributed by atoms with Gasteiger partial charge in [-0.05, 0) is 19.8 Å². The number of amides is 1. The molecule has 0 unspecified atom stereocenters. The van der Waals surface area contributed by atoms with Gasteiger partial charge in [-0.15, -0.1) is 0 Å². The van der Waals surface area contributed by atoms with E-state index in [9.17, 15) is 9.59 Å². The van der Waals surface area contributed by atoms with Gasteiger partial charge >= 0.3 is 5.97 Å². The second-order valence-electron chi connectivity index (χ2n) is 6.40. The van der Waals surface area contributed by atoms with E-state index in [1.165, 1.54) is 4.90 Å².